The zero-order valence-electron chi connectivity index (χ0n) is 8.59. The Bertz CT molecular complexity index is 299. The molecule has 0 unspecified atom stereocenters. The first-order valence-electron chi connectivity index (χ1n) is 4.71. The molecule has 0 amide bonds. The highest BCUT2D eigenvalue weighted by Gasteiger charge is 2.04. The fourth-order valence-electron chi connectivity index (χ4n) is 1.33. The van der Waals surface area contributed by atoms with Gasteiger partial charge in [0.05, 0.1) is 7.11 Å². The molecule has 0 heterocycles. The van der Waals surface area contributed by atoms with Gasteiger partial charge in [0.1, 0.15) is 5.75 Å². The number of halogens is 1. The summed E-state index contributed by atoms with van der Waals surface area (Å²) >= 11 is 3.45. The second-order valence-electron chi connectivity index (χ2n) is 3.47. The number of methoxy groups -OCH3 is 1. The van der Waals surface area contributed by atoms with Crippen molar-refractivity contribution in [2.45, 2.75) is 25.8 Å². The molecule has 0 saturated heterocycles. The summed E-state index contributed by atoms with van der Waals surface area (Å²) in [6.07, 6.45) is 1.94. The summed E-state index contributed by atoms with van der Waals surface area (Å²) in [5.41, 5.74) is 6.92. The van der Waals surface area contributed by atoms with Gasteiger partial charge in [0.25, 0.3) is 0 Å². The number of aryl methyl sites for hydroxylation is 1. The molecule has 1 atom stereocenters. The number of hydrogen-bond acceptors (Lipinski definition) is 2. The monoisotopic (exact) mass is 257 g/mol. The molecule has 0 aliphatic carbocycles. The summed E-state index contributed by atoms with van der Waals surface area (Å²) in [6, 6.07) is 6.27. The van der Waals surface area contributed by atoms with E-state index in [1.807, 2.05) is 19.1 Å². The highest BCUT2D eigenvalue weighted by molar-refractivity contribution is 9.10. The summed E-state index contributed by atoms with van der Waals surface area (Å²) in [7, 11) is 1.69. The van der Waals surface area contributed by atoms with E-state index in [4.69, 9.17) is 10.5 Å². The van der Waals surface area contributed by atoms with Gasteiger partial charge in [0, 0.05) is 10.5 Å². The Balaban J connectivity index is 2.77. The van der Waals surface area contributed by atoms with Crippen LogP contribution in [0, 0.1) is 0 Å². The third-order valence-electron chi connectivity index (χ3n) is 2.11. The third-order valence-corrected chi connectivity index (χ3v) is 2.60. The third kappa shape index (κ3) is 3.31. The van der Waals surface area contributed by atoms with E-state index >= 15 is 0 Å². The molecule has 14 heavy (non-hydrogen) atoms. The normalized spacial score (nSPS) is 12.6. The standard InChI is InChI=1S/C11H16BrNO/c1-8(13)3-4-9-7-10(12)5-6-11(9)14-2/h5-8H,3-4,13H2,1-2H3/t8-/m0/s1. The Kier molecular flexibility index (Phi) is 4.42. The van der Waals surface area contributed by atoms with Gasteiger partial charge < -0.3 is 10.5 Å². The molecule has 3 heteroatoms. The first-order chi connectivity index (χ1) is 6.63. The quantitative estimate of drug-likeness (QED) is 0.901. The first kappa shape index (κ1) is 11.5. The van der Waals surface area contributed by atoms with E-state index in [0.717, 1.165) is 23.1 Å². The number of hydrogen-bond donors (Lipinski definition) is 1. The molecular formula is C11H16BrNO. The van der Waals surface area contributed by atoms with Gasteiger partial charge in [-0.15, -0.1) is 0 Å². The van der Waals surface area contributed by atoms with E-state index in [1.165, 1.54) is 5.56 Å². The van der Waals surface area contributed by atoms with Crippen LogP contribution in [0.1, 0.15) is 18.9 Å². The molecule has 0 aromatic heterocycles. The van der Waals surface area contributed by atoms with E-state index in [2.05, 4.69) is 22.0 Å². The average Bonchev–Trinajstić information content (AvgIpc) is 2.15. The number of rotatable bonds is 4. The minimum atomic E-state index is 0.235. The van der Waals surface area contributed by atoms with Crippen molar-refractivity contribution in [1.29, 1.82) is 0 Å². The molecule has 2 nitrogen and oxygen atoms in total. The van der Waals surface area contributed by atoms with Crippen LogP contribution in [0.15, 0.2) is 22.7 Å². The van der Waals surface area contributed by atoms with Crippen LogP contribution in [0.2, 0.25) is 0 Å². The minimum absolute atomic E-state index is 0.235. The fourth-order valence-corrected chi connectivity index (χ4v) is 1.73. The molecule has 1 aromatic rings. The van der Waals surface area contributed by atoms with Crippen molar-refractivity contribution in [3.63, 3.8) is 0 Å². The second-order valence-corrected chi connectivity index (χ2v) is 4.39. The van der Waals surface area contributed by atoms with Crippen molar-refractivity contribution in [2.75, 3.05) is 7.11 Å². The van der Waals surface area contributed by atoms with Crippen molar-refractivity contribution in [3.05, 3.63) is 28.2 Å². The SMILES string of the molecule is COc1ccc(Br)cc1CC[C@H](C)N. The molecule has 0 fully saturated rings. The molecular weight excluding hydrogens is 242 g/mol. The molecule has 0 aliphatic heterocycles. The molecule has 78 valence electrons. The summed E-state index contributed by atoms with van der Waals surface area (Å²) in [5.74, 6) is 0.939. The maximum absolute atomic E-state index is 5.72. The predicted molar refractivity (Wildman–Crippen MR) is 62.7 cm³/mol. The van der Waals surface area contributed by atoms with Crippen LogP contribution in [0.5, 0.6) is 5.75 Å². The van der Waals surface area contributed by atoms with Crippen LogP contribution >= 0.6 is 15.9 Å². The zero-order chi connectivity index (χ0) is 10.6. The van der Waals surface area contributed by atoms with Gasteiger partial charge in [-0.2, -0.15) is 0 Å². The Hall–Kier alpha value is -0.540. The van der Waals surface area contributed by atoms with Crippen LogP contribution in [-0.4, -0.2) is 13.2 Å². The number of nitrogens with two attached hydrogens (primary N) is 1. The molecule has 0 saturated carbocycles. The second kappa shape index (κ2) is 5.37. The van der Waals surface area contributed by atoms with Crippen molar-refractivity contribution in [1.82, 2.24) is 0 Å². The maximum atomic E-state index is 5.72. The first-order valence-corrected chi connectivity index (χ1v) is 5.50. The summed E-state index contributed by atoms with van der Waals surface area (Å²) in [5, 5.41) is 0. The van der Waals surface area contributed by atoms with Gasteiger partial charge in [-0.05, 0) is 43.5 Å². The van der Waals surface area contributed by atoms with Gasteiger partial charge in [-0.25, -0.2) is 0 Å². The fraction of sp³-hybridized carbons (Fsp3) is 0.455. The zero-order valence-corrected chi connectivity index (χ0v) is 10.2. The maximum Gasteiger partial charge on any atom is 0.122 e. The molecule has 1 aromatic carbocycles. The highest BCUT2D eigenvalue weighted by Crippen LogP contribution is 2.24. The molecule has 0 radical (unpaired) electrons. The summed E-state index contributed by atoms with van der Waals surface area (Å²) in [6.45, 7) is 2.02. The van der Waals surface area contributed by atoms with Gasteiger partial charge >= 0.3 is 0 Å². The van der Waals surface area contributed by atoms with Crippen LogP contribution in [-0.2, 0) is 6.42 Å². The lowest BCUT2D eigenvalue weighted by Gasteiger charge is -2.10. The van der Waals surface area contributed by atoms with Gasteiger partial charge in [0.15, 0.2) is 0 Å². The molecule has 2 N–H and O–H groups in total. The smallest absolute Gasteiger partial charge is 0.122 e. The number of benzene rings is 1. The van der Waals surface area contributed by atoms with E-state index in [9.17, 15) is 0 Å². The highest BCUT2D eigenvalue weighted by atomic mass is 79.9. The van der Waals surface area contributed by atoms with Gasteiger partial charge in [-0.1, -0.05) is 15.9 Å². The molecule has 0 aliphatic rings. The largest absolute Gasteiger partial charge is 0.496 e. The topological polar surface area (TPSA) is 35.2 Å². The molecule has 0 spiro atoms. The van der Waals surface area contributed by atoms with Gasteiger partial charge in [0.2, 0.25) is 0 Å². The van der Waals surface area contributed by atoms with E-state index in [-0.39, 0.29) is 6.04 Å². The predicted octanol–water partition coefficient (Wildman–Crippen LogP) is 2.74. The molecule has 1 rings (SSSR count). The van der Waals surface area contributed by atoms with E-state index in [0.29, 0.717) is 0 Å². The van der Waals surface area contributed by atoms with Crippen molar-refractivity contribution in [3.8, 4) is 5.75 Å². The number of ether oxygens (including phenoxy) is 1. The average molecular weight is 258 g/mol. The Morgan fingerprint density at radius 1 is 1.50 bits per heavy atom. The lowest BCUT2D eigenvalue weighted by molar-refractivity contribution is 0.408. The summed E-state index contributed by atoms with van der Waals surface area (Å²) in [4.78, 5) is 0. The Labute approximate surface area is 93.6 Å². The lowest BCUT2D eigenvalue weighted by atomic mass is 10.1. The van der Waals surface area contributed by atoms with Crippen LogP contribution < -0.4 is 10.5 Å². The van der Waals surface area contributed by atoms with Crippen molar-refractivity contribution in [2.24, 2.45) is 5.73 Å². The molecule has 0 bridgehead atoms. The Morgan fingerprint density at radius 2 is 2.21 bits per heavy atom. The Morgan fingerprint density at radius 3 is 2.79 bits per heavy atom. The lowest BCUT2D eigenvalue weighted by Crippen LogP contribution is -2.15. The minimum Gasteiger partial charge on any atom is -0.496 e. The van der Waals surface area contributed by atoms with Crippen LogP contribution in [0.3, 0.4) is 0 Å². The van der Waals surface area contributed by atoms with Crippen LogP contribution in [0.4, 0.5) is 0 Å². The van der Waals surface area contributed by atoms with E-state index in [1.54, 1.807) is 7.11 Å². The van der Waals surface area contributed by atoms with Crippen molar-refractivity contribution >= 4 is 15.9 Å². The summed E-state index contributed by atoms with van der Waals surface area (Å²) < 4.78 is 6.35. The van der Waals surface area contributed by atoms with E-state index < -0.39 is 0 Å². The van der Waals surface area contributed by atoms with Crippen LogP contribution in [0.25, 0.3) is 0 Å². The van der Waals surface area contributed by atoms with Gasteiger partial charge in [-0.3, -0.25) is 0 Å². The van der Waals surface area contributed by atoms with Crippen molar-refractivity contribution < 1.29 is 4.74 Å².